The minimum atomic E-state index is -0.390. The van der Waals surface area contributed by atoms with Crippen LogP contribution in [0.3, 0.4) is 0 Å². The summed E-state index contributed by atoms with van der Waals surface area (Å²) in [5.74, 6) is 0.153. The summed E-state index contributed by atoms with van der Waals surface area (Å²) in [6.07, 6.45) is 2.70. The highest BCUT2D eigenvalue weighted by molar-refractivity contribution is 5.87. The van der Waals surface area contributed by atoms with E-state index in [2.05, 4.69) is 20.4 Å². The molecule has 0 fully saturated rings. The number of esters is 1. The third kappa shape index (κ3) is 4.06. The van der Waals surface area contributed by atoms with E-state index in [1.807, 2.05) is 20.8 Å². The molecule has 0 spiro atoms. The molecular formula is C13H24O2. The Hall–Kier alpha value is -0.790. The lowest BCUT2D eigenvalue weighted by molar-refractivity contribution is -0.157. The van der Waals surface area contributed by atoms with Crippen molar-refractivity contribution in [1.82, 2.24) is 0 Å². The predicted molar refractivity (Wildman–Crippen MR) is 63.7 cm³/mol. The summed E-state index contributed by atoms with van der Waals surface area (Å²) < 4.78 is 5.50. The highest BCUT2D eigenvalue weighted by atomic mass is 16.6. The second-order valence-electron chi connectivity index (χ2n) is 4.46. The molecule has 0 amide bonds. The highest BCUT2D eigenvalue weighted by Crippen LogP contribution is 2.28. The van der Waals surface area contributed by atoms with Gasteiger partial charge in [-0.15, -0.1) is 0 Å². The van der Waals surface area contributed by atoms with Crippen LogP contribution in [0.2, 0.25) is 0 Å². The zero-order valence-electron chi connectivity index (χ0n) is 10.7. The van der Waals surface area contributed by atoms with Gasteiger partial charge in [-0.1, -0.05) is 27.4 Å². The van der Waals surface area contributed by atoms with Crippen molar-refractivity contribution in [2.45, 2.75) is 59.5 Å². The maximum atomic E-state index is 11.6. The molecule has 0 aromatic heterocycles. The third-order valence-corrected chi connectivity index (χ3v) is 3.04. The highest BCUT2D eigenvalue weighted by Gasteiger charge is 2.31. The second-order valence-corrected chi connectivity index (χ2v) is 4.46. The van der Waals surface area contributed by atoms with Gasteiger partial charge in [0.2, 0.25) is 0 Å². The van der Waals surface area contributed by atoms with Gasteiger partial charge in [-0.3, -0.25) is 0 Å². The molecule has 0 radical (unpaired) electrons. The van der Waals surface area contributed by atoms with Gasteiger partial charge in [-0.25, -0.2) is 4.79 Å². The van der Waals surface area contributed by atoms with Crippen molar-refractivity contribution >= 4 is 5.97 Å². The van der Waals surface area contributed by atoms with Gasteiger partial charge >= 0.3 is 5.97 Å². The van der Waals surface area contributed by atoms with Crippen molar-refractivity contribution in [2.24, 2.45) is 5.92 Å². The van der Waals surface area contributed by atoms with Gasteiger partial charge in [0.25, 0.3) is 0 Å². The Morgan fingerprint density at radius 2 is 1.73 bits per heavy atom. The Balaban J connectivity index is 4.48. The first-order chi connectivity index (χ1) is 6.88. The SMILES string of the molecule is C=C(CC)C(=O)OC(C)(C)C(CC)CC. The first kappa shape index (κ1) is 14.2. The van der Waals surface area contributed by atoms with Crippen LogP contribution in [-0.2, 0) is 9.53 Å². The summed E-state index contributed by atoms with van der Waals surface area (Å²) in [6, 6.07) is 0. The maximum absolute atomic E-state index is 11.6. The van der Waals surface area contributed by atoms with Crippen LogP contribution in [0.15, 0.2) is 12.2 Å². The van der Waals surface area contributed by atoms with Crippen molar-refractivity contribution in [3.05, 3.63) is 12.2 Å². The molecule has 0 aromatic rings. The monoisotopic (exact) mass is 212 g/mol. The van der Waals surface area contributed by atoms with E-state index in [-0.39, 0.29) is 5.97 Å². The van der Waals surface area contributed by atoms with Crippen LogP contribution < -0.4 is 0 Å². The number of carbonyl (C=O) groups is 1. The molecule has 0 heterocycles. The first-order valence-electron chi connectivity index (χ1n) is 5.80. The Morgan fingerprint density at radius 3 is 2.07 bits per heavy atom. The molecule has 0 aromatic carbocycles. The molecule has 2 nitrogen and oxygen atoms in total. The summed E-state index contributed by atoms with van der Waals surface area (Å²) in [4.78, 5) is 11.6. The van der Waals surface area contributed by atoms with Gasteiger partial charge in [0, 0.05) is 5.57 Å². The topological polar surface area (TPSA) is 26.3 Å². The number of hydrogen-bond acceptors (Lipinski definition) is 2. The van der Waals surface area contributed by atoms with Crippen LogP contribution in [0.25, 0.3) is 0 Å². The van der Waals surface area contributed by atoms with Crippen LogP contribution in [0.4, 0.5) is 0 Å². The molecule has 0 aliphatic carbocycles. The Labute approximate surface area is 93.7 Å². The van der Waals surface area contributed by atoms with Gasteiger partial charge in [-0.2, -0.15) is 0 Å². The van der Waals surface area contributed by atoms with E-state index in [0.29, 0.717) is 17.9 Å². The average Bonchev–Trinajstić information content (AvgIpc) is 2.17. The minimum Gasteiger partial charge on any atom is -0.456 e. The van der Waals surface area contributed by atoms with E-state index in [1.165, 1.54) is 0 Å². The van der Waals surface area contributed by atoms with Crippen molar-refractivity contribution in [1.29, 1.82) is 0 Å². The maximum Gasteiger partial charge on any atom is 0.333 e. The van der Waals surface area contributed by atoms with Crippen LogP contribution in [0.5, 0.6) is 0 Å². The number of rotatable bonds is 6. The quantitative estimate of drug-likeness (QED) is 0.495. The van der Waals surface area contributed by atoms with E-state index in [4.69, 9.17) is 4.74 Å². The molecule has 2 heteroatoms. The third-order valence-electron chi connectivity index (χ3n) is 3.04. The summed E-state index contributed by atoms with van der Waals surface area (Å²) in [6.45, 7) is 13.8. The van der Waals surface area contributed by atoms with Crippen LogP contribution in [0.1, 0.15) is 53.9 Å². The van der Waals surface area contributed by atoms with Crippen molar-refractivity contribution in [3.8, 4) is 0 Å². The van der Waals surface area contributed by atoms with E-state index >= 15 is 0 Å². The summed E-state index contributed by atoms with van der Waals surface area (Å²) in [5, 5.41) is 0. The van der Waals surface area contributed by atoms with Crippen molar-refractivity contribution in [2.75, 3.05) is 0 Å². The zero-order valence-corrected chi connectivity index (χ0v) is 10.7. The molecular weight excluding hydrogens is 188 g/mol. The van der Waals surface area contributed by atoms with E-state index < -0.39 is 5.60 Å². The molecule has 0 bridgehead atoms. The van der Waals surface area contributed by atoms with E-state index in [1.54, 1.807) is 0 Å². The Morgan fingerprint density at radius 1 is 1.27 bits per heavy atom. The lowest BCUT2D eigenvalue weighted by Crippen LogP contribution is -2.36. The van der Waals surface area contributed by atoms with Crippen LogP contribution in [-0.4, -0.2) is 11.6 Å². The Kier molecular flexibility index (Phi) is 5.63. The normalized spacial score (nSPS) is 11.6. The minimum absolute atomic E-state index is 0.255. The number of carbonyl (C=O) groups excluding carboxylic acids is 1. The summed E-state index contributed by atoms with van der Waals surface area (Å²) >= 11 is 0. The second kappa shape index (κ2) is 5.94. The van der Waals surface area contributed by atoms with Gasteiger partial charge in [0.15, 0.2) is 0 Å². The molecule has 0 saturated heterocycles. The molecule has 0 N–H and O–H groups in total. The zero-order chi connectivity index (χ0) is 12.1. The lowest BCUT2D eigenvalue weighted by atomic mass is 9.86. The van der Waals surface area contributed by atoms with Crippen molar-refractivity contribution < 1.29 is 9.53 Å². The molecule has 0 unspecified atom stereocenters. The molecule has 88 valence electrons. The van der Waals surface area contributed by atoms with Gasteiger partial charge in [-0.05, 0) is 39.0 Å². The Bertz CT molecular complexity index is 225. The molecule has 0 saturated carbocycles. The predicted octanol–water partition coefficient (Wildman–Crippen LogP) is 3.71. The average molecular weight is 212 g/mol. The van der Waals surface area contributed by atoms with Gasteiger partial charge < -0.3 is 4.74 Å². The van der Waals surface area contributed by atoms with Crippen molar-refractivity contribution in [3.63, 3.8) is 0 Å². The molecule has 0 atom stereocenters. The summed E-state index contributed by atoms with van der Waals surface area (Å²) in [5.41, 5.74) is 0.160. The van der Waals surface area contributed by atoms with E-state index in [9.17, 15) is 4.79 Å². The fourth-order valence-electron chi connectivity index (χ4n) is 1.81. The van der Waals surface area contributed by atoms with E-state index in [0.717, 1.165) is 12.8 Å². The smallest absolute Gasteiger partial charge is 0.333 e. The molecule has 0 aliphatic heterocycles. The van der Waals surface area contributed by atoms with Gasteiger partial charge in [0.1, 0.15) is 5.60 Å². The van der Waals surface area contributed by atoms with Gasteiger partial charge in [0.05, 0.1) is 0 Å². The fraction of sp³-hybridized carbons (Fsp3) is 0.769. The number of ether oxygens (including phenoxy) is 1. The van der Waals surface area contributed by atoms with Crippen LogP contribution in [0, 0.1) is 5.92 Å². The summed E-state index contributed by atoms with van der Waals surface area (Å²) in [7, 11) is 0. The first-order valence-corrected chi connectivity index (χ1v) is 5.80. The standard InChI is InChI=1S/C13H24O2/c1-7-10(4)12(14)15-13(5,6)11(8-2)9-3/h11H,4,7-9H2,1-3,5-6H3. The van der Waals surface area contributed by atoms with Crippen LogP contribution >= 0.6 is 0 Å². The fourth-order valence-corrected chi connectivity index (χ4v) is 1.81. The number of hydrogen-bond donors (Lipinski definition) is 0. The largest absolute Gasteiger partial charge is 0.456 e. The molecule has 0 rings (SSSR count). The molecule has 15 heavy (non-hydrogen) atoms. The lowest BCUT2D eigenvalue weighted by Gasteiger charge is -2.33. The molecule has 0 aliphatic rings.